The van der Waals surface area contributed by atoms with Crippen molar-refractivity contribution in [1.82, 2.24) is 4.90 Å². The summed E-state index contributed by atoms with van der Waals surface area (Å²) in [6.07, 6.45) is 6.38. The first kappa shape index (κ1) is 20.7. The number of allylic oxidation sites excluding steroid dienone is 2. The summed E-state index contributed by atoms with van der Waals surface area (Å²) in [6.45, 7) is 3.95. The Kier molecular flexibility index (Phi) is 5.20. The minimum atomic E-state index is -0.872. The first-order chi connectivity index (χ1) is 15.4. The normalized spacial score (nSPS) is 26.9. The van der Waals surface area contributed by atoms with Gasteiger partial charge in [-0.3, -0.25) is 19.3 Å². The van der Waals surface area contributed by atoms with Crippen LogP contribution in [0.25, 0.3) is 0 Å². The number of imide groups is 1. The number of rotatable bonds is 5. The van der Waals surface area contributed by atoms with Gasteiger partial charge in [-0.2, -0.15) is 0 Å². The standard InChI is InChI=1S/C27H28N2O3/c1-16-8-13-21(17(2)14-16)28-25(30)22(15-18-6-4-3-5-7-18)29-26(31)23-19-9-10-20(12-11-19)24(23)27(29)32/h3-10,13-14,19-20,22-24H,11-12,15H2,1-2H3,(H,28,30)/t19-,20-,22-,23+,24+/m0/s1. The third kappa shape index (κ3) is 3.46. The molecule has 5 atom stereocenters. The van der Waals surface area contributed by atoms with Crippen molar-refractivity contribution in [2.45, 2.75) is 39.2 Å². The zero-order valence-corrected chi connectivity index (χ0v) is 18.5. The van der Waals surface area contributed by atoms with E-state index >= 15 is 0 Å². The van der Waals surface area contributed by atoms with Crippen molar-refractivity contribution in [3.05, 3.63) is 77.4 Å². The molecule has 5 nitrogen and oxygen atoms in total. The van der Waals surface area contributed by atoms with Gasteiger partial charge in [0.25, 0.3) is 0 Å². The highest BCUT2D eigenvalue weighted by Gasteiger charge is 2.58. The largest absolute Gasteiger partial charge is 0.324 e. The highest BCUT2D eigenvalue weighted by atomic mass is 16.2. The van der Waals surface area contributed by atoms with Crippen LogP contribution >= 0.6 is 0 Å². The van der Waals surface area contributed by atoms with Gasteiger partial charge in [-0.05, 0) is 55.7 Å². The van der Waals surface area contributed by atoms with E-state index in [0.29, 0.717) is 12.1 Å². The molecule has 164 valence electrons. The molecule has 2 aromatic carbocycles. The Morgan fingerprint density at radius 2 is 1.59 bits per heavy atom. The van der Waals surface area contributed by atoms with Crippen LogP contribution in [0.2, 0.25) is 0 Å². The summed E-state index contributed by atoms with van der Waals surface area (Å²) in [6, 6.07) is 14.5. The lowest BCUT2D eigenvalue weighted by molar-refractivity contribution is -0.146. The molecule has 3 amide bonds. The Hall–Kier alpha value is -3.21. The number of fused-ring (bicyclic) bond motifs is 1. The molecule has 1 saturated heterocycles. The van der Waals surface area contributed by atoms with E-state index in [1.807, 2.05) is 62.4 Å². The molecule has 2 aromatic rings. The fourth-order valence-electron chi connectivity index (χ4n) is 5.71. The van der Waals surface area contributed by atoms with Gasteiger partial charge in [-0.25, -0.2) is 0 Å². The number of aryl methyl sites for hydroxylation is 2. The molecule has 0 radical (unpaired) electrons. The molecule has 1 heterocycles. The van der Waals surface area contributed by atoms with E-state index in [0.717, 1.165) is 29.5 Å². The summed E-state index contributed by atoms with van der Waals surface area (Å²) < 4.78 is 0. The Morgan fingerprint density at radius 1 is 0.969 bits per heavy atom. The van der Waals surface area contributed by atoms with Crippen LogP contribution in [0.1, 0.15) is 29.5 Å². The van der Waals surface area contributed by atoms with Gasteiger partial charge >= 0.3 is 0 Å². The van der Waals surface area contributed by atoms with Crippen molar-refractivity contribution < 1.29 is 14.4 Å². The van der Waals surface area contributed by atoms with Gasteiger partial charge in [0.1, 0.15) is 6.04 Å². The van der Waals surface area contributed by atoms with E-state index in [1.165, 1.54) is 4.90 Å². The van der Waals surface area contributed by atoms with Crippen LogP contribution in [-0.4, -0.2) is 28.7 Å². The van der Waals surface area contributed by atoms with Crippen LogP contribution in [-0.2, 0) is 20.8 Å². The Morgan fingerprint density at radius 3 is 2.16 bits per heavy atom. The third-order valence-electron chi connectivity index (χ3n) is 7.32. The molecule has 1 aliphatic heterocycles. The topological polar surface area (TPSA) is 66.5 Å². The van der Waals surface area contributed by atoms with Crippen LogP contribution in [0.5, 0.6) is 0 Å². The lowest BCUT2D eigenvalue weighted by atomic mass is 9.63. The molecular formula is C27H28N2O3. The zero-order valence-electron chi connectivity index (χ0n) is 18.5. The summed E-state index contributed by atoms with van der Waals surface area (Å²) in [5, 5.41) is 2.99. The van der Waals surface area contributed by atoms with E-state index < -0.39 is 6.04 Å². The second-order valence-corrected chi connectivity index (χ2v) is 9.40. The smallest absolute Gasteiger partial charge is 0.248 e. The second-order valence-electron chi connectivity index (χ2n) is 9.40. The first-order valence-electron chi connectivity index (χ1n) is 11.4. The molecule has 2 bridgehead atoms. The predicted octanol–water partition coefficient (Wildman–Crippen LogP) is 4.05. The van der Waals surface area contributed by atoms with Gasteiger partial charge in [-0.1, -0.05) is 60.2 Å². The number of hydrogen-bond acceptors (Lipinski definition) is 3. The fraction of sp³-hybridized carbons (Fsp3) is 0.370. The van der Waals surface area contributed by atoms with Gasteiger partial charge in [0.2, 0.25) is 17.7 Å². The highest BCUT2D eigenvalue weighted by Crippen LogP contribution is 2.50. The van der Waals surface area contributed by atoms with Crippen molar-refractivity contribution in [3.63, 3.8) is 0 Å². The van der Waals surface area contributed by atoms with E-state index in [1.54, 1.807) is 0 Å². The maximum Gasteiger partial charge on any atom is 0.248 e. The summed E-state index contributed by atoms with van der Waals surface area (Å²) in [5.74, 6) is -1.12. The van der Waals surface area contributed by atoms with E-state index in [2.05, 4.69) is 17.5 Å². The number of carbonyl (C=O) groups is 3. The Balaban J connectivity index is 1.48. The molecule has 2 fully saturated rings. The van der Waals surface area contributed by atoms with Crippen molar-refractivity contribution in [2.24, 2.45) is 23.7 Å². The molecule has 4 aliphatic rings. The van der Waals surface area contributed by atoms with Crippen LogP contribution < -0.4 is 5.32 Å². The first-order valence-corrected chi connectivity index (χ1v) is 11.4. The Bertz CT molecular complexity index is 1080. The van der Waals surface area contributed by atoms with Crippen LogP contribution in [0, 0.1) is 37.5 Å². The maximum atomic E-state index is 13.5. The average molecular weight is 429 g/mol. The number of likely N-dealkylation sites (tertiary alicyclic amines) is 1. The summed E-state index contributed by atoms with van der Waals surface area (Å²) in [5.41, 5.74) is 3.69. The molecule has 1 N–H and O–H groups in total. The van der Waals surface area contributed by atoms with Gasteiger partial charge < -0.3 is 5.32 Å². The highest BCUT2D eigenvalue weighted by molar-refractivity contribution is 6.10. The average Bonchev–Trinajstić information content (AvgIpc) is 3.08. The number of hydrogen-bond donors (Lipinski definition) is 1. The zero-order chi connectivity index (χ0) is 22.4. The lowest BCUT2D eigenvalue weighted by Crippen LogP contribution is -2.49. The molecule has 0 unspecified atom stereocenters. The number of anilines is 1. The predicted molar refractivity (Wildman–Crippen MR) is 123 cm³/mol. The van der Waals surface area contributed by atoms with Gasteiger partial charge in [0.15, 0.2) is 0 Å². The molecule has 3 aliphatic carbocycles. The summed E-state index contributed by atoms with van der Waals surface area (Å²) in [4.78, 5) is 41.9. The molecule has 32 heavy (non-hydrogen) atoms. The van der Waals surface area contributed by atoms with Crippen LogP contribution in [0.3, 0.4) is 0 Å². The third-order valence-corrected chi connectivity index (χ3v) is 7.32. The number of nitrogens with one attached hydrogen (secondary N) is 1. The Labute approximate surface area is 188 Å². The second kappa shape index (κ2) is 8.05. The quantitative estimate of drug-likeness (QED) is 0.577. The summed E-state index contributed by atoms with van der Waals surface area (Å²) in [7, 11) is 0. The van der Waals surface area contributed by atoms with Crippen LogP contribution in [0.15, 0.2) is 60.7 Å². The van der Waals surface area contributed by atoms with Gasteiger partial charge in [0, 0.05) is 12.1 Å². The van der Waals surface area contributed by atoms with Crippen molar-refractivity contribution in [3.8, 4) is 0 Å². The fourth-order valence-corrected chi connectivity index (χ4v) is 5.71. The SMILES string of the molecule is Cc1ccc(NC(=O)[C@H](Cc2ccccc2)N2C(=O)[C@H]3[C@H](C2=O)[C@H]2C=C[C@H]3CC2)c(C)c1. The summed E-state index contributed by atoms with van der Waals surface area (Å²) >= 11 is 0. The number of carbonyl (C=O) groups excluding carboxylic acids is 3. The molecule has 0 spiro atoms. The minimum Gasteiger partial charge on any atom is -0.324 e. The van der Waals surface area contributed by atoms with E-state index in [9.17, 15) is 14.4 Å². The van der Waals surface area contributed by atoms with Crippen molar-refractivity contribution in [1.29, 1.82) is 0 Å². The molecule has 5 heteroatoms. The van der Waals surface area contributed by atoms with Gasteiger partial charge in [0.05, 0.1) is 11.8 Å². The number of benzene rings is 2. The monoisotopic (exact) mass is 428 g/mol. The lowest BCUT2D eigenvalue weighted by Gasteiger charge is -2.38. The van der Waals surface area contributed by atoms with E-state index in [-0.39, 0.29) is 41.4 Å². The number of amides is 3. The van der Waals surface area contributed by atoms with Crippen LogP contribution in [0.4, 0.5) is 5.69 Å². The van der Waals surface area contributed by atoms with Crippen molar-refractivity contribution in [2.75, 3.05) is 5.32 Å². The maximum absolute atomic E-state index is 13.5. The van der Waals surface area contributed by atoms with Gasteiger partial charge in [-0.15, -0.1) is 0 Å². The van der Waals surface area contributed by atoms with Crippen molar-refractivity contribution >= 4 is 23.4 Å². The molecule has 6 rings (SSSR count). The molecule has 0 aromatic heterocycles. The minimum absolute atomic E-state index is 0.103. The molecular weight excluding hydrogens is 400 g/mol. The molecule has 1 saturated carbocycles. The van der Waals surface area contributed by atoms with E-state index in [4.69, 9.17) is 0 Å². The number of nitrogens with zero attached hydrogens (tertiary/aromatic N) is 1.